The van der Waals surface area contributed by atoms with Crippen LogP contribution >= 0.6 is 11.3 Å². The van der Waals surface area contributed by atoms with Crippen LogP contribution in [0, 0.1) is 5.41 Å². The van der Waals surface area contributed by atoms with Gasteiger partial charge in [0, 0.05) is 59.1 Å². The van der Waals surface area contributed by atoms with Gasteiger partial charge in [0.25, 0.3) is 0 Å². The van der Waals surface area contributed by atoms with Crippen molar-refractivity contribution in [2.45, 2.75) is 0 Å². The van der Waals surface area contributed by atoms with Gasteiger partial charge in [-0.1, -0.05) is 127 Å². The van der Waals surface area contributed by atoms with Crippen molar-refractivity contribution in [1.29, 1.82) is 5.41 Å². The molecule has 57 heavy (non-hydrogen) atoms. The molecule has 0 aliphatic rings. The zero-order valence-electron chi connectivity index (χ0n) is 30.6. The standard InChI is InChI=1S/C51H32N4OS/c52-50(54-51(33-15-5-2-6-16-33)53-31-32-13-3-1-4-14-32)35-26-28-44-40(29-35)48-36(19-11-23-45(48)56-44)34-25-27-39-47(30-34)57-46-24-12-22-43(49(39)46)55-41-20-9-7-17-37(41)38-18-8-10-21-42(38)55/h1-31,52H/b52-50?,53-31+,54-51-. The summed E-state index contributed by atoms with van der Waals surface area (Å²) in [7, 11) is 0. The van der Waals surface area contributed by atoms with Gasteiger partial charge in [-0.3, -0.25) is 5.41 Å². The highest BCUT2D eigenvalue weighted by Gasteiger charge is 2.19. The molecule has 3 aromatic heterocycles. The van der Waals surface area contributed by atoms with Gasteiger partial charge in [0.15, 0.2) is 11.7 Å². The normalized spacial score (nSPS) is 12.3. The van der Waals surface area contributed by atoms with E-state index in [0.29, 0.717) is 11.4 Å². The molecule has 0 saturated heterocycles. The molecule has 6 heteroatoms. The number of para-hydroxylation sites is 2. The van der Waals surface area contributed by atoms with Crippen LogP contribution in [0.5, 0.6) is 0 Å². The third-order valence-corrected chi connectivity index (χ3v) is 11.9. The highest BCUT2D eigenvalue weighted by atomic mass is 32.1. The van der Waals surface area contributed by atoms with Gasteiger partial charge in [-0.2, -0.15) is 0 Å². The number of rotatable bonds is 5. The molecule has 11 rings (SSSR count). The predicted octanol–water partition coefficient (Wildman–Crippen LogP) is 13.6. The Kier molecular flexibility index (Phi) is 7.76. The predicted molar refractivity (Wildman–Crippen MR) is 240 cm³/mol. The Morgan fingerprint density at radius 3 is 2.05 bits per heavy atom. The Balaban J connectivity index is 1.02. The van der Waals surface area contributed by atoms with Crippen molar-refractivity contribution < 1.29 is 4.42 Å². The highest BCUT2D eigenvalue weighted by molar-refractivity contribution is 7.26. The average molecular weight is 749 g/mol. The van der Waals surface area contributed by atoms with Crippen LogP contribution in [0.15, 0.2) is 196 Å². The van der Waals surface area contributed by atoms with Gasteiger partial charge in [-0.15, -0.1) is 11.3 Å². The first kappa shape index (κ1) is 33.0. The second-order valence-corrected chi connectivity index (χ2v) is 15.2. The minimum atomic E-state index is 0.124. The number of hydrogen-bond acceptors (Lipinski definition) is 3. The molecule has 0 atom stereocenters. The first-order chi connectivity index (χ1) is 28.2. The SMILES string of the molecule is N=C(/N=C(\N=C\c1ccccc1)c1ccccc1)c1ccc2oc3cccc(-c4ccc5c(c4)sc4cccc(-n6c7ccccc7c7ccccc76)c45)c3c2c1. The van der Waals surface area contributed by atoms with Crippen LogP contribution in [0.4, 0.5) is 0 Å². The van der Waals surface area contributed by atoms with Crippen LogP contribution in [0.3, 0.4) is 0 Å². The third kappa shape index (κ3) is 5.57. The number of aliphatic imine (C=N–C) groups is 2. The molecule has 0 saturated carbocycles. The third-order valence-electron chi connectivity index (χ3n) is 10.8. The lowest BCUT2D eigenvalue weighted by molar-refractivity contribution is 0.669. The molecule has 11 aromatic rings. The van der Waals surface area contributed by atoms with E-state index in [0.717, 1.165) is 44.2 Å². The first-order valence-corrected chi connectivity index (χ1v) is 19.7. The van der Waals surface area contributed by atoms with E-state index in [1.54, 1.807) is 6.21 Å². The smallest absolute Gasteiger partial charge is 0.161 e. The van der Waals surface area contributed by atoms with Gasteiger partial charge < -0.3 is 8.98 Å². The largest absolute Gasteiger partial charge is 0.456 e. The second-order valence-electron chi connectivity index (χ2n) is 14.1. The summed E-state index contributed by atoms with van der Waals surface area (Å²) in [5.41, 5.74) is 9.84. The van der Waals surface area contributed by atoms with Crippen LogP contribution in [0.25, 0.3) is 80.7 Å². The van der Waals surface area contributed by atoms with Crippen molar-refractivity contribution >= 4 is 93.1 Å². The number of thiophene rings is 1. The van der Waals surface area contributed by atoms with E-state index in [-0.39, 0.29) is 5.84 Å². The number of aromatic nitrogens is 1. The van der Waals surface area contributed by atoms with E-state index in [4.69, 9.17) is 19.8 Å². The summed E-state index contributed by atoms with van der Waals surface area (Å²) < 4.78 is 11.3. The van der Waals surface area contributed by atoms with Crippen LogP contribution in [0.1, 0.15) is 16.7 Å². The number of benzene rings is 8. The topological polar surface area (TPSA) is 66.6 Å². The van der Waals surface area contributed by atoms with E-state index in [1.165, 1.54) is 47.7 Å². The van der Waals surface area contributed by atoms with Crippen LogP contribution in [-0.2, 0) is 0 Å². The van der Waals surface area contributed by atoms with Gasteiger partial charge in [-0.25, -0.2) is 9.98 Å². The molecule has 5 nitrogen and oxygen atoms in total. The van der Waals surface area contributed by atoms with Crippen LogP contribution in [-0.4, -0.2) is 22.5 Å². The van der Waals surface area contributed by atoms with Gasteiger partial charge in [0.1, 0.15) is 11.2 Å². The number of nitrogens with zero attached hydrogens (tertiary/aromatic N) is 3. The summed E-state index contributed by atoms with van der Waals surface area (Å²) in [6.07, 6.45) is 1.79. The summed E-state index contributed by atoms with van der Waals surface area (Å²) in [5, 5.41) is 16.1. The molecule has 0 bridgehead atoms. The summed E-state index contributed by atoms with van der Waals surface area (Å²) in [6, 6.07) is 62.7. The second kappa shape index (κ2) is 13.4. The van der Waals surface area contributed by atoms with Gasteiger partial charge in [0.05, 0.1) is 16.7 Å². The fourth-order valence-electron chi connectivity index (χ4n) is 8.16. The van der Waals surface area contributed by atoms with Gasteiger partial charge in [0.2, 0.25) is 0 Å². The summed E-state index contributed by atoms with van der Waals surface area (Å²) in [5.74, 6) is 0.596. The van der Waals surface area contributed by atoms with Crippen molar-refractivity contribution in [3.05, 3.63) is 199 Å². The molecule has 0 radical (unpaired) electrons. The molecular weight excluding hydrogens is 717 g/mol. The Labute approximate surface area is 331 Å². The maximum Gasteiger partial charge on any atom is 0.161 e. The average Bonchev–Trinajstić information content (AvgIpc) is 3.95. The van der Waals surface area contributed by atoms with E-state index in [1.807, 2.05) is 96.3 Å². The maximum atomic E-state index is 9.16. The molecule has 0 aliphatic heterocycles. The Morgan fingerprint density at radius 1 is 0.544 bits per heavy atom. The Bertz CT molecular complexity index is 3370. The molecule has 3 heterocycles. The van der Waals surface area contributed by atoms with Crippen molar-refractivity contribution in [3.63, 3.8) is 0 Å². The van der Waals surface area contributed by atoms with E-state index >= 15 is 0 Å². The molecule has 0 unspecified atom stereocenters. The molecular formula is C51H32N4OS. The Hall–Kier alpha value is -7.41. The molecule has 1 N–H and O–H groups in total. The van der Waals surface area contributed by atoms with E-state index in [9.17, 15) is 0 Å². The lowest BCUT2D eigenvalue weighted by Crippen LogP contribution is -2.04. The number of furan rings is 1. The minimum Gasteiger partial charge on any atom is -0.456 e. The number of nitrogens with one attached hydrogen (secondary N) is 1. The maximum absolute atomic E-state index is 9.16. The lowest BCUT2D eigenvalue weighted by Gasteiger charge is -2.10. The molecule has 0 amide bonds. The van der Waals surface area contributed by atoms with Crippen LogP contribution in [0.2, 0.25) is 0 Å². The summed E-state index contributed by atoms with van der Waals surface area (Å²) >= 11 is 1.83. The monoisotopic (exact) mass is 748 g/mol. The van der Waals surface area contributed by atoms with Crippen molar-refractivity contribution in [2.75, 3.05) is 0 Å². The van der Waals surface area contributed by atoms with Gasteiger partial charge >= 0.3 is 0 Å². The van der Waals surface area contributed by atoms with Crippen molar-refractivity contribution in [1.82, 2.24) is 4.57 Å². The molecule has 0 fully saturated rings. The quantitative estimate of drug-likeness (QED) is 0.138. The lowest BCUT2D eigenvalue weighted by atomic mass is 9.97. The number of fused-ring (bicyclic) bond motifs is 9. The van der Waals surface area contributed by atoms with Crippen molar-refractivity contribution in [2.24, 2.45) is 9.98 Å². The molecule has 0 aliphatic carbocycles. The summed E-state index contributed by atoms with van der Waals surface area (Å²) in [4.78, 5) is 9.51. The number of hydrogen-bond donors (Lipinski definition) is 1. The highest BCUT2D eigenvalue weighted by Crippen LogP contribution is 2.44. The van der Waals surface area contributed by atoms with E-state index < -0.39 is 0 Å². The zero-order valence-corrected chi connectivity index (χ0v) is 31.4. The number of amidine groups is 2. The fraction of sp³-hybridized carbons (Fsp3) is 0. The van der Waals surface area contributed by atoms with Crippen molar-refractivity contribution in [3.8, 4) is 16.8 Å². The first-order valence-electron chi connectivity index (χ1n) is 18.9. The summed E-state index contributed by atoms with van der Waals surface area (Å²) in [6.45, 7) is 0. The Morgan fingerprint density at radius 2 is 1.26 bits per heavy atom. The molecule has 268 valence electrons. The van der Waals surface area contributed by atoms with E-state index in [2.05, 4.69) is 102 Å². The zero-order chi connectivity index (χ0) is 37.9. The van der Waals surface area contributed by atoms with Crippen LogP contribution < -0.4 is 0 Å². The molecule has 8 aromatic carbocycles. The fourth-order valence-corrected chi connectivity index (χ4v) is 9.32. The minimum absolute atomic E-state index is 0.124. The van der Waals surface area contributed by atoms with Gasteiger partial charge in [-0.05, 0) is 71.3 Å². The molecule has 0 spiro atoms.